The van der Waals surface area contributed by atoms with Crippen molar-refractivity contribution in [1.82, 2.24) is 10.3 Å². The lowest BCUT2D eigenvalue weighted by Gasteiger charge is -2.05. The van der Waals surface area contributed by atoms with E-state index in [1.54, 1.807) is 13.3 Å². The Hall–Kier alpha value is -2.04. The van der Waals surface area contributed by atoms with Gasteiger partial charge in [-0.05, 0) is 29.3 Å². The van der Waals surface area contributed by atoms with Gasteiger partial charge in [0, 0.05) is 36.3 Å². The molecule has 5 heteroatoms. The minimum Gasteiger partial charge on any atom is -0.481 e. The molecule has 2 aromatic heterocycles. The number of methoxy groups -OCH3 is 1. The second-order valence-corrected chi connectivity index (χ2v) is 5.00. The third-order valence-corrected chi connectivity index (χ3v) is 3.59. The Bertz CT molecular complexity index is 755. The van der Waals surface area contributed by atoms with Gasteiger partial charge in [-0.2, -0.15) is 0 Å². The van der Waals surface area contributed by atoms with Crippen LogP contribution in [0.25, 0.3) is 11.0 Å². The summed E-state index contributed by atoms with van der Waals surface area (Å²) >= 11 is 6.16. The topological polar surface area (TPSA) is 47.3 Å². The molecule has 1 aromatic carbocycles. The van der Waals surface area contributed by atoms with Gasteiger partial charge < -0.3 is 14.5 Å². The summed E-state index contributed by atoms with van der Waals surface area (Å²) in [4.78, 5) is 4.08. The van der Waals surface area contributed by atoms with Crippen LogP contribution in [0.5, 0.6) is 5.88 Å². The summed E-state index contributed by atoms with van der Waals surface area (Å²) in [5.41, 5.74) is 2.89. The molecule has 0 spiro atoms. The standard InChI is InChI=1S/C16H15ClN2O2/c1-20-15-8-11(6-7-19-15)9-18-10-13-12-4-2-3-5-14(12)21-16(13)17/h2-8,18H,9-10H2,1H3. The van der Waals surface area contributed by atoms with E-state index >= 15 is 0 Å². The molecule has 0 aliphatic rings. The highest BCUT2D eigenvalue weighted by Crippen LogP contribution is 2.29. The van der Waals surface area contributed by atoms with Crippen LogP contribution in [0.3, 0.4) is 0 Å². The Morgan fingerprint density at radius 2 is 2.10 bits per heavy atom. The van der Waals surface area contributed by atoms with Crippen LogP contribution in [0.2, 0.25) is 5.22 Å². The maximum absolute atomic E-state index is 6.16. The minimum atomic E-state index is 0.441. The Kier molecular flexibility index (Phi) is 4.08. The summed E-state index contributed by atoms with van der Waals surface area (Å²) in [5, 5.41) is 4.85. The molecule has 21 heavy (non-hydrogen) atoms. The van der Waals surface area contributed by atoms with Crippen molar-refractivity contribution in [3.63, 3.8) is 0 Å². The molecule has 0 aliphatic heterocycles. The fourth-order valence-electron chi connectivity index (χ4n) is 2.24. The number of furan rings is 1. The molecule has 0 saturated carbocycles. The van der Waals surface area contributed by atoms with E-state index in [-0.39, 0.29) is 0 Å². The number of benzene rings is 1. The lowest BCUT2D eigenvalue weighted by atomic mass is 10.1. The number of para-hydroxylation sites is 1. The molecule has 3 aromatic rings. The van der Waals surface area contributed by atoms with Crippen LogP contribution in [0.4, 0.5) is 0 Å². The first-order chi connectivity index (χ1) is 10.3. The van der Waals surface area contributed by atoms with Crippen molar-refractivity contribution in [3.8, 4) is 5.88 Å². The van der Waals surface area contributed by atoms with Gasteiger partial charge in [-0.25, -0.2) is 4.98 Å². The van der Waals surface area contributed by atoms with Gasteiger partial charge in [0.1, 0.15) is 5.58 Å². The fraction of sp³-hybridized carbons (Fsp3) is 0.188. The van der Waals surface area contributed by atoms with E-state index in [4.69, 9.17) is 20.8 Å². The molecule has 0 saturated heterocycles. The van der Waals surface area contributed by atoms with Crippen LogP contribution in [-0.2, 0) is 13.1 Å². The highest BCUT2D eigenvalue weighted by Gasteiger charge is 2.11. The van der Waals surface area contributed by atoms with Gasteiger partial charge in [-0.15, -0.1) is 0 Å². The number of nitrogens with one attached hydrogen (secondary N) is 1. The van der Waals surface area contributed by atoms with Crippen LogP contribution in [0.1, 0.15) is 11.1 Å². The van der Waals surface area contributed by atoms with E-state index in [0.717, 1.165) is 22.1 Å². The van der Waals surface area contributed by atoms with Crippen molar-refractivity contribution in [3.05, 3.63) is 58.9 Å². The molecule has 0 bridgehead atoms. The Balaban J connectivity index is 1.70. The summed E-state index contributed by atoms with van der Waals surface area (Å²) in [6, 6.07) is 11.7. The molecular formula is C16H15ClN2O2. The van der Waals surface area contributed by atoms with Crippen LogP contribution >= 0.6 is 11.6 Å². The van der Waals surface area contributed by atoms with Crippen molar-refractivity contribution in [2.75, 3.05) is 7.11 Å². The zero-order valence-electron chi connectivity index (χ0n) is 11.6. The van der Waals surface area contributed by atoms with Crippen molar-refractivity contribution in [2.45, 2.75) is 13.1 Å². The van der Waals surface area contributed by atoms with Gasteiger partial charge in [-0.1, -0.05) is 18.2 Å². The number of ether oxygens (including phenoxy) is 1. The van der Waals surface area contributed by atoms with Crippen molar-refractivity contribution >= 4 is 22.6 Å². The molecule has 0 aliphatic carbocycles. The van der Waals surface area contributed by atoms with Crippen molar-refractivity contribution in [2.24, 2.45) is 0 Å². The zero-order chi connectivity index (χ0) is 14.7. The summed E-state index contributed by atoms with van der Waals surface area (Å²) < 4.78 is 10.6. The predicted octanol–water partition coefficient (Wildman–Crippen LogP) is 3.78. The number of hydrogen-bond donors (Lipinski definition) is 1. The van der Waals surface area contributed by atoms with Crippen LogP contribution in [0.15, 0.2) is 47.0 Å². The molecule has 0 radical (unpaired) electrons. The quantitative estimate of drug-likeness (QED) is 0.779. The average molecular weight is 303 g/mol. The smallest absolute Gasteiger partial charge is 0.213 e. The SMILES string of the molecule is COc1cc(CNCc2c(Cl)oc3ccccc23)ccn1. The number of fused-ring (bicyclic) bond motifs is 1. The number of rotatable bonds is 5. The molecule has 3 rings (SSSR count). The van der Waals surface area contributed by atoms with E-state index < -0.39 is 0 Å². The molecule has 0 fully saturated rings. The molecule has 0 amide bonds. The minimum absolute atomic E-state index is 0.441. The monoisotopic (exact) mass is 302 g/mol. The second-order valence-electron chi connectivity index (χ2n) is 4.66. The van der Waals surface area contributed by atoms with Gasteiger partial charge in [-0.3, -0.25) is 0 Å². The maximum Gasteiger partial charge on any atom is 0.213 e. The van der Waals surface area contributed by atoms with E-state index in [1.165, 1.54) is 0 Å². The number of pyridine rings is 1. The van der Waals surface area contributed by atoms with Crippen molar-refractivity contribution < 1.29 is 9.15 Å². The third-order valence-electron chi connectivity index (χ3n) is 3.29. The van der Waals surface area contributed by atoms with E-state index in [1.807, 2.05) is 36.4 Å². The summed E-state index contributed by atoms with van der Waals surface area (Å²) in [5.74, 6) is 0.612. The molecule has 0 unspecified atom stereocenters. The van der Waals surface area contributed by atoms with Crippen LogP contribution < -0.4 is 10.1 Å². The first-order valence-corrected chi connectivity index (χ1v) is 7.01. The highest BCUT2D eigenvalue weighted by atomic mass is 35.5. The predicted molar refractivity (Wildman–Crippen MR) is 82.6 cm³/mol. The number of halogens is 1. The Labute approximate surface area is 127 Å². The highest BCUT2D eigenvalue weighted by molar-refractivity contribution is 6.30. The normalized spacial score (nSPS) is 11.0. The molecule has 4 nitrogen and oxygen atoms in total. The zero-order valence-corrected chi connectivity index (χ0v) is 12.4. The molecule has 2 heterocycles. The lowest BCUT2D eigenvalue weighted by molar-refractivity contribution is 0.397. The third kappa shape index (κ3) is 3.01. The van der Waals surface area contributed by atoms with Gasteiger partial charge >= 0.3 is 0 Å². The summed E-state index contributed by atoms with van der Waals surface area (Å²) in [7, 11) is 1.61. The fourth-order valence-corrected chi connectivity index (χ4v) is 2.49. The van der Waals surface area contributed by atoms with Crippen LogP contribution in [0, 0.1) is 0 Å². The number of nitrogens with zero attached hydrogens (tertiary/aromatic N) is 1. The maximum atomic E-state index is 6.16. The van der Waals surface area contributed by atoms with E-state index in [0.29, 0.717) is 24.2 Å². The molecule has 0 atom stereocenters. The number of hydrogen-bond acceptors (Lipinski definition) is 4. The largest absolute Gasteiger partial charge is 0.481 e. The van der Waals surface area contributed by atoms with Gasteiger partial charge in [0.2, 0.25) is 5.88 Å². The van der Waals surface area contributed by atoms with Gasteiger partial charge in [0.25, 0.3) is 0 Å². The second kappa shape index (κ2) is 6.16. The summed E-state index contributed by atoms with van der Waals surface area (Å²) in [6.45, 7) is 1.34. The molecular weight excluding hydrogens is 288 g/mol. The average Bonchev–Trinajstić information content (AvgIpc) is 2.83. The Morgan fingerprint density at radius 1 is 1.24 bits per heavy atom. The molecule has 1 N–H and O–H groups in total. The Morgan fingerprint density at radius 3 is 2.95 bits per heavy atom. The number of aromatic nitrogens is 1. The van der Waals surface area contributed by atoms with E-state index in [2.05, 4.69) is 10.3 Å². The van der Waals surface area contributed by atoms with Crippen molar-refractivity contribution in [1.29, 1.82) is 0 Å². The van der Waals surface area contributed by atoms with Gasteiger partial charge in [0.05, 0.1) is 7.11 Å². The molecule has 108 valence electrons. The first kappa shape index (κ1) is 13.9. The lowest BCUT2D eigenvalue weighted by Crippen LogP contribution is -2.12. The van der Waals surface area contributed by atoms with E-state index in [9.17, 15) is 0 Å². The van der Waals surface area contributed by atoms with Crippen LogP contribution in [-0.4, -0.2) is 12.1 Å². The van der Waals surface area contributed by atoms with Gasteiger partial charge in [0.15, 0.2) is 5.22 Å². The first-order valence-electron chi connectivity index (χ1n) is 6.63. The summed E-state index contributed by atoms with van der Waals surface area (Å²) in [6.07, 6.45) is 1.73.